The first-order valence-corrected chi connectivity index (χ1v) is 6.54. The van der Waals surface area contributed by atoms with Gasteiger partial charge in [-0.3, -0.25) is 0 Å². The van der Waals surface area contributed by atoms with Gasteiger partial charge in [0.05, 0.1) is 0 Å². The molecule has 0 saturated carbocycles. The lowest BCUT2D eigenvalue weighted by atomic mass is 10.2. The molecule has 0 radical (unpaired) electrons. The van der Waals surface area contributed by atoms with Crippen molar-refractivity contribution in [2.75, 3.05) is 6.54 Å². The van der Waals surface area contributed by atoms with Gasteiger partial charge in [-0.25, -0.2) is 0 Å². The normalized spacial score (nSPS) is 11.2. The molecule has 0 amide bonds. The molecule has 1 aromatic heterocycles. The summed E-state index contributed by atoms with van der Waals surface area (Å²) in [7, 11) is 0. The second kappa shape index (κ2) is 5.02. The summed E-state index contributed by atoms with van der Waals surface area (Å²) in [4.78, 5) is 0. The van der Waals surface area contributed by atoms with Crippen LogP contribution in [0.2, 0.25) is 0 Å². The van der Waals surface area contributed by atoms with Crippen LogP contribution in [-0.2, 0) is 13.1 Å². The first-order valence-electron chi connectivity index (χ1n) is 5.75. The van der Waals surface area contributed by atoms with E-state index in [1.807, 2.05) is 0 Å². The number of hydrogen-bond donors (Lipinski definition) is 1. The molecule has 0 spiro atoms. The number of halogens is 1. The van der Waals surface area contributed by atoms with E-state index in [2.05, 4.69) is 63.9 Å². The monoisotopic (exact) mass is 280 g/mol. The molecule has 1 heterocycles. The molecular formula is C13H17BrN2. The fraction of sp³-hybridized carbons (Fsp3) is 0.385. The van der Waals surface area contributed by atoms with Gasteiger partial charge in [-0.2, -0.15) is 0 Å². The highest BCUT2D eigenvalue weighted by molar-refractivity contribution is 9.10. The predicted molar refractivity (Wildman–Crippen MR) is 72.7 cm³/mol. The number of aryl methyl sites for hydroxylation is 1. The number of benzene rings is 1. The summed E-state index contributed by atoms with van der Waals surface area (Å²) >= 11 is 3.61. The molecule has 3 heteroatoms. The molecule has 0 atom stereocenters. The maximum Gasteiger partial charge on any atom is 0.0494 e. The molecule has 0 saturated heterocycles. The lowest BCUT2D eigenvalue weighted by Gasteiger charge is -2.07. The van der Waals surface area contributed by atoms with Crippen molar-refractivity contribution in [3.63, 3.8) is 0 Å². The van der Waals surface area contributed by atoms with Crippen molar-refractivity contribution in [3.8, 4) is 0 Å². The van der Waals surface area contributed by atoms with Crippen LogP contribution < -0.4 is 5.32 Å². The Morgan fingerprint density at radius 1 is 1.31 bits per heavy atom. The van der Waals surface area contributed by atoms with Gasteiger partial charge in [0, 0.05) is 34.2 Å². The van der Waals surface area contributed by atoms with E-state index in [4.69, 9.17) is 0 Å². The zero-order chi connectivity index (χ0) is 11.5. The number of rotatable bonds is 4. The molecule has 0 aliphatic rings. The molecule has 1 N–H and O–H groups in total. The summed E-state index contributed by atoms with van der Waals surface area (Å²) in [6.45, 7) is 7.28. The first kappa shape index (κ1) is 11.7. The van der Waals surface area contributed by atoms with Gasteiger partial charge in [-0.1, -0.05) is 28.9 Å². The minimum absolute atomic E-state index is 0.936. The summed E-state index contributed by atoms with van der Waals surface area (Å²) in [5.41, 5.74) is 2.66. The summed E-state index contributed by atoms with van der Waals surface area (Å²) in [6.07, 6.45) is 0. The molecule has 0 unspecified atom stereocenters. The quantitative estimate of drug-likeness (QED) is 0.907. The number of fused-ring (bicyclic) bond motifs is 1. The van der Waals surface area contributed by atoms with Crippen molar-refractivity contribution in [2.24, 2.45) is 0 Å². The van der Waals surface area contributed by atoms with Crippen LogP contribution in [0.25, 0.3) is 10.9 Å². The average molecular weight is 281 g/mol. The summed E-state index contributed by atoms with van der Waals surface area (Å²) in [6, 6.07) is 8.64. The molecule has 16 heavy (non-hydrogen) atoms. The molecule has 2 nitrogen and oxygen atoms in total. The van der Waals surface area contributed by atoms with Gasteiger partial charge in [0.2, 0.25) is 0 Å². The SMILES string of the molecule is CCNCc1cc2c(Br)cccc2n1CC. The molecule has 0 aliphatic heterocycles. The molecule has 0 bridgehead atoms. The number of nitrogens with one attached hydrogen (secondary N) is 1. The van der Waals surface area contributed by atoms with E-state index in [-0.39, 0.29) is 0 Å². The maximum atomic E-state index is 3.61. The second-order valence-corrected chi connectivity index (χ2v) is 4.69. The minimum atomic E-state index is 0.936. The van der Waals surface area contributed by atoms with Crippen molar-refractivity contribution in [3.05, 3.63) is 34.4 Å². The van der Waals surface area contributed by atoms with E-state index in [1.165, 1.54) is 21.1 Å². The molecule has 1 aromatic carbocycles. The summed E-state index contributed by atoms with van der Waals surface area (Å²) in [5.74, 6) is 0. The molecular weight excluding hydrogens is 264 g/mol. The lowest BCUT2D eigenvalue weighted by Crippen LogP contribution is -2.14. The zero-order valence-electron chi connectivity index (χ0n) is 9.76. The smallest absolute Gasteiger partial charge is 0.0494 e. The minimum Gasteiger partial charge on any atom is -0.344 e. The van der Waals surface area contributed by atoms with E-state index >= 15 is 0 Å². The topological polar surface area (TPSA) is 17.0 Å². The average Bonchev–Trinajstić information content (AvgIpc) is 2.65. The Bertz CT molecular complexity index is 488. The number of aromatic nitrogens is 1. The maximum absolute atomic E-state index is 3.61. The predicted octanol–water partition coefficient (Wildman–Crippen LogP) is 3.53. The second-order valence-electron chi connectivity index (χ2n) is 3.83. The highest BCUT2D eigenvalue weighted by Crippen LogP contribution is 2.27. The van der Waals surface area contributed by atoms with Crippen LogP contribution in [0, 0.1) is 0 Å². The van der Waals surface area contributed by atoms with Crippen molar-refractivity contribution < 1.29 is 0 Å². The van der Waals surface area contributed by atoms with E-state index < -0.39 is 0 Å². The third-order valence-corrected chi connectivity index (χ3v) is 3.54. The molecule has 0 aliphatic carbocycles. The lowest BCUT2D eigenvalue weighted by molar-refractivity contribution is 0.656. The van der Waals surface area contributed by atoms with Gasteiger partial charge in [0.1, 0.15) is 0 Å². The molecule has 86 valence electrons. The zero-order valence-corrected chi connectivity index (χ0v) is 11.3. The third-order valence-electron chi connectivity index (χ3n) is 2.85. The van der Waals surface area contributed by atoms with Crippen LogP contribution in [0.15, 0.2) is 28.7 Å². The van der Waals surface area contributed by atoms with Crippen LogP contribution in [0.1, 0.15) is 19.5 Å². The van der Waals surface area contributed by atoms with Gasteiger partial charge >= 0.3 is 0 Å². The van der Waals surface area contributed by atoms with Crippen LogP contribution in [-0.4, -0.2) is 11.1 Å². The Morgan fingerprint density at radius 2 is 2.12 bits per heavy atom. The standard InChI is InChI=1S/C13H17BrN2/c1-3-15-9-10-8-11-12(14)6-5-7-13(11)16(10)4-2/h5-8,15H,3-4,9H2,1-2H3. The molecule has 0 fully saturated rings. The third kappa shape index (κ3) is 2.02. The van der Waals surface area contributed by atoms with Gasteiger partial charge in [-0.05, 0) is 31.7 Å². The van der Waals surface area contributed by atoms with E-state index in [1.54, 1.807) is 0 Å². The van der Waals surface area contributed by atoms with Crippen molar-refractivity contribution >= 4 is 26.8 Å². The highest BCUT2D eigenvalue weighted by atomic mass is 79.9. The van der Waals surface area contributed by atoms with Crippen molar-refractivity contribution in [1.29, 1.82) is 0 Å². The first-order chi connectivity index (χ1) is 7.77. The number of hydrogen-bond acceptors (Lipinski definition) is 1. The molecule has 2 aromatic rings. The Balaban J connectivity index is 2.52. The largest absolute Gasteiger partial charge is 0.344 e. The number of nitrogens with zero attached hydrogens (tertiary/aromatic N) is 1. The van der Waals surface area contributed by atoms with Crippen molar-refractivity contribution in [1.82, 2.24) is 9.88 Å². The Hall–Kier alpha value is -0.800. The van der Waals surface area contributed by atoms with Crippen LogP contribution in [0.4, 0.5) is 0 Å². The van der Waals surface area contributed by atoms with Gasteiger partial charge in [0.15, 0.2) is 0 Å². The van der Waals surface area contributed by atoms with Crippen LogP contribution in [0.3, 0.4) is 0 Å². The Morgan fingerprint density at radius 3 is 2.81 bits per heavy atom. The van der Waals surface area contributed by atoms with E-state index in [0.717, 1.165) is 19.6 Å². The van der Waals surface area contributed by atoms with E-state index in [9.17, 15) is 0 Å². The Kier molecular flexibility index (Phi) is 3.66. The summed E-state index contributed by atoms with van der Waals surface area (Å²) < 4.78 is 3.54. The van der Waals surface area contributed by atoms with E-state index in [0.29, 0.717) is 0 Å². The van der Waals surface area contributed by atoms with Crippen molar-refractivity contribution in [2.45, 2.75) is 26.9 Å². The fourth-order valence-electron chi connectivity index (χ4n) is 2.08. The van der Waals surface area contributed by atoms with Gasteiger partial charge in [-0.15, -0.1) is 0 Å². The van der Waals surface area contributed by atoms with Gasteiger partial charge < -0.3 is 9.88 Å². The Labute approximate surface area is 105 Å². The van der Waals surface area contributed by atoms with Crippen LogP contribution >= 0.6 is 15.9 Å². The van der Waals surface area contributed by atoms with Gasteiger partial charge in [0.25, 0.3) is 0 Å². The summed E-state index contributed by atoms with van der Waals surface area (Å²) in [5, 5.41) is 4.69. The fourth-order valence-corrected chi connectivity index (χ4v) is 2.55. The highest BCUT2D eigenvalue weighted by Gasteiger charge is 2.08. The van der Waals surface area contributed by atoms with Crippen LogP contribution in [0.5, 0.6) is 0 Å². The molecule has 2 rings (SSSR count).